The number of rotatable bonds is 5. The van der Waals surface area contributed by atoms with Gasteiger partial charge in [-0.3, -0.25) is 4.90 Å². The first-order valence-electron chi connectivity index (χ1n) is 8.11. The van der Waals surface area contributed by atoms with E-state index < -0.39 is 0 Å². The predicted molar refractivity (Wildman–Crippen MR) is 93.6 cm³/mol. The normalized spacial score (nSPS) is 19.5. The molecular weight excluding hydrogens is 268 g/mol. The molecule has 2 aromatic rings. The molecule has 0 spiro atoms. The topological polar surface area (TPSA) is 15.3 Å². The van der Waals surface area contributed by atoms with Gasteiger partial charge >= 0.3 is 0 Å². The van der Waals surface area contributed by atoms with Crippen LogP contribution in [-0.2, 0) is 6.54 Å². The SMILES string of the molecule is C(=Cc1ccccc1)CC1CN(Cc2ccccc2)CCN1. The van der Waals surface area contributed by atoms with E-state index in [9.17, 15) is 0 Å². The second-order valence-corrected chi connectivity index (χ2v) is 5.92. The standard InChI is InChI=1S/C20H24N2/c1-3-8-18(9-4-1)12-7-13-20-17-22(15-14-21-20)16-19-10-5-2-6-11-19/h1-12,20-21H,13-17H2. The van der Waals surface area contributed by atoms with E-state index in [0.717, 1.165) is 32.6 Å². The molecule has 1 aliphatic heterocycles. The van der Waals surface area contributed by atoms with Crippen molar-refractivity contribution in [3.8, 4) is 0 Å². The zero-order chi connectivity index (χ0) is 15.0. The Labute approximate surface area is 133 Å². The number of nitrogens with zero attached hydrogens (tertiary/aromatic N) is 1. The molecule has 1 atom stereocenters. The molecular formula is C20H24N2. The smallest absolute Gasteiger partial charge is 0.0234 e. The van der Waals surface area contributed by atoms with Gasteiger partial charge in [-0.05, 0) is 17.5 Å². The Kier molecular flexibility index (Phi) is 5.41. The Bertz CT molecular complexity index is 577. The second-order valence-electron chi connectivity index (χ2n) is 5.92. The summed E-state index contributed by atoms with van der Waals surface area (Å²) in [5.41, 5.74) is 2.68. The van der Waals surface area contributed by atoms with Gasteiger partial charge in [-0.25, -0.2) is 0 Å². The highest BCUT2D eigenvalue weighted by atomic mass is 15.2. The van der Waals surface area contributed by atoms with E-state index in [1.54, 1.807) is 0 Å². The zero-order valence-electron chi connectivity index (χ0n) is 13.0. The molecule has 3 rings (SSSR count). The molecule has 0 aliphatic carbocycles. The van der Waals surface area contributed by atoms with Crippen molar-refractivity contribution < 1.29 is 0 Å². The van der Waals surface area contributed by atoms with E-state index in [2.05, 4.69) is 83.0 Å². The molecule has 0 saturated carbocycles. The van der Waals surface area contributed by atoms with E-state index >= 15 is 0 Å². The Hall–Kier alpha value is -1.90. The first-order valence-corrected chi connectivity index (χ1v) is 8.11. The van der Waals surface area contributed by atoms with Gasteiger partial charge in [0.2, 0.25) is 0 Å². The number of benzene rings is 2. The van der Waals surface area contributed by atoms with Gasteiger partial charge in [0.25, 0.3) is 0 Å². The van der Waals surface area contributed by atoms with Crippen LogP contribution >= 0.6 is 0 Å². The highest BCUT2D eigenvalue weighted by Gasteiger charge is 2.17. The summed E-state index contributed by atoms with van der Waals surface area (Å²) in [4.78, 5) is 2.55. The van der Waals surface area contributed by atoms with Crippen LogP contribution in [0.15, 0.2) is 66.7 Å². The van der Waals surface area contributed by atoms with Crippen LogP contribution in [0.5, 0.6) is 0 Å². The summed E-state index contributed by atoms with van der Waals surface area (Å²) < 4.78 is 0. The number of nitrogens with one attached hydrogen (secondary N) is 1. The molecule has 1 N–H and O–H groups in total. The summed E-state index contributed by atoms with van der Waals surface area (Å²) in [5.74, 6) is 0. The molecule has 0 radical (unpaired) electrons. The fraction of sp³-hybridized carbons (Fsp3) is 0.300. The van der Waals surface area contributed by atoms with E-state index in [1.165, 1.54) is 11.1 Å². The third kappa shape index (κ3) is 4.55. The average molecular weight is 292 g/mol. The third-order valence-electron chi connectivity index (χ3n) is 4.12. The summed E-state index contributed by atoms with van der Waals surface area (Å²) in [6.45, 7) is 4.39. The van der Waals surface area contributed by atoms with Gasteiger partial charge in [-0.2, -0.15) is 0 Å². The van der Waals surface area contributed by atoms with Gasteiger partial charge in [0.1, 0.15) is 0 Å². The Morgan fingerprint density at radius 2 is 1.73 bits per heavy atom. The first-order chi connectivity index (χ1) is 10.9. The van der Waals surface area contributed by atoms with Crippen LogP contribution in [0.4, 0.5) is 0 Å². The zero-order valence-corrected chi connectivity index (χ0v) is 13.0. The lowest BCUT2D eigenvalue weighted by Gasteiger charge is -2.33. The summed E-state index contributed by atoms with van der Waals surface area (Å²) in [7, 11) is 0. The van der Waals surface area contributed by atoms with E-state index in [4.69, 9.17) is 0 Å². The molecule has 114 valence electrons. The Morgan fingerprint density at radius 3 is 2.50 bits per heavy atom. The monoisotopic (exact) mass is 292 g/mol. The molecule has 1 heterocycles. The fourth-order valence-electron chi connectivity index (χ4n) is 2.97. The van der Waals surface area contributed by atoms with Crippen LogP contribution in [0.3, 0.4) is 0 Å². The van der Waals surface area contributed by atoms with Crippen molar-refractivity contribution >= 4 is 6.08 Å². The highest BCUT2D eigenvalue weighted by Crippen LogP contribution is 2.10. The molecule has 2 aromatic carbocycles. The predicted octanol–water partition coefficient (Wildman–Crippen LogP) is 3.56. The molecule has 1 fully saturated rings. The third-order valence-corrected chi connectivity index (χ3v) is 4.12. The molecule has 1 unspecified atom stereocenters. The van der Waals surface area contributed by atoms with Crippen LogP contribution < -0.4 is 5.32 Å². The van der Waals surface area contributed by atoms with Gasteiger partial charge in [-0.1, -0.05) is 72.8 Å². The fourth-order valence-corrected chi connectivity index (χ4v) is 2.97. The van der Waals surface area contributed by atoms with E-state index in [-0.39, 0.29) is 0 Å². The number of piperazine rings is 1. The van der Waals surface area contributed by atoms with Crippen LogP contribution in [0, 0.1) is 0 Å². The van der Waals surface area contributed by atoms with Crippen molar-refractivity contribution in [1.82, 2.24) is 10.2 Å². The summed E-state index contributed by atoms with van der Waals surface area (Å²) in [6, 6.07) is 21.8. The molecule has 0 amide bonds. The molecule has 22 heavy (non-hydrogen) atoms. The summed E-state index contributed by atoms with van der Waals surface area (Å²) in [6.07, 6.45) is 5.59. The maximum absolute atomic E-state index is 3.63. The van der Waals surface area contributed by atoms with E-state index in [1.807, 2.05) is 0 Å². The van der Waals surface area contributed by atoms with Crippen molar-refractivity contribution in [2.45, 2.75) is 19.0 Å². The largest absolute Gasteiger partial charge is 0.311 e. The minimum absolute atomic E-state index is 0.553. The minimum Gasteiger partial charge on any atom is -0.311 e. The summed E-state index contributed by atoms with van der Waals surface area (Å²) in [5, 5.41) is 3.63. The number of hydrogen-bond acceptors (Lipinski definition) is 2. The maximum Gasteiger partial charge on any atom is 0.0234 e. The molecule has 0 aromatic heterocycles. The van der Waals surface area contributed by atoms with Gasteiger partial charge in [-0.15, -0.1) is 0 Å². The number of hydrogen-bond donors (Lipinski definition) is 1. The average Bonchev–Trinajstić information content (AvgIpc) is 2.57. The maximum atomic E-state index is 3.63. The van der Waals surface area contributed by atoms with Crippen LogP contribution in [0.1, 0.15) is 17.5 Å². The van der Waals surface area contributed by atoms with Gasteiger partial charge in [0, 0.05) is 32.2 Å². The molecule has 0 bridgehead atoms. The van der Waals surface area contributed by atoms with Crippen molar-refractivity contribution in [1.29, 1.82) is 0 Å². The lowest BCUT2D eigenvalue weighted by Crippen LogP contribution is -2.49. The highest BCUT2D eigenvalue weighted by molar-refractivity contribution is 5.48. The van der Waals surface area contributed by atoms with Crippen LogP contribution in [0.25, 0.3) is 6.08 Å². The van der Waals surface area contributed by atoms with Gasteiger partial charge in [0.05, 0.1) is 0 Å². The Balaban J connectivity index is 1.49. The molecule has 2 nitrogen and oxygen atoms in total. The molecule has 1 saturated heterocycles. The minimum atomic E-state index is 0.553. The lowest BCUT2D eigenvalue weighted by atomic mass is 10.1. The molecule has 1 aliphatic rings. The molecule has 2 heteroatoms. The van der Waals surface area contributed by atoms with Crippen molar-refractivity contribution in [2.75, 3.05) is 19.6 Å². The van der Waals surface area contributed by atoms with Crippen molar-refractivity contribution in [3.05, 3.63) is 77.9 Å². The van der Waals surface area contributed by atoms with Gasteiger partial charge in [0.15, 0.2) is 0 Å². The lowest BCUT2D eigenvalue weighted by molar-refractivity contribution is 0.193. The van der Waals surface area contributed by atoms with Gasteiger partial charge < -0.3 is 5.32 Å². The van der Waals surface area contributed by atoms with Crippen molar-refractivity contribution in [2.24, 2.45) is 0 Å². The quantitative estimate of drug-likeness (QED) is 0.906. The Morgan fingerprint density at radius 1 is 1.00 bits per heavy atom. The van der Waals surface area contributed by atoms with Crippen LogP contribution in [-0.4, -0.2) is 30.6 Å². The van der Waals surface area contributed by atoms with E-state index in [0.29, 0.717) is 6.04 Å². The van der Waals surface area contributed by atoms with Crippen LogP contribution in [0.2, 0.25) is 0 Å². The summed E-state index contributed by atoms with van der Waals surface area (Å²) >= 11 is 0. The first kappa shape index (κ1) is 15.0. The second kappa shape index (κ2) is 7.92. The van der Waals surface area contributed by atoms with Crippen molar-refractivity contribution in [3.63, 3.8) is 0 Å².